The monoisotopic (exact) mass is 410 g/mol. The average Bonchev–Trinajstić information content (AvgIpc) is 2.65. The molecule has 0 radical (unpaired) electrons. The van der Waals surface area contributed by atoms with Crippen LogP contribution in [0.1, 0.15) is 12.5 Å². The van der Waals surface area contributed by atoms with Gasteiger partial charge in [0.05, 0.1) is 9.82 Å². The minimum absolute atomic E-state index is 0.0136. The number of nitrogens with zero attached hydrogens (tertiary/aromatic N) is 1. The summed E-state index contributed by atoms with van der Waals surface area (Å²) in [6.45, 7) is 1.58. The number of benzene rings is 2. The molecule has 0 aliphatic rings. The van der Waals surface area contributed by atoms with Crippen LogP contribution in [0.25, 0.3) is 0 Å². The number of nitro benzene ring substituents is 1. The number of carbonyl (C=O) groups is 1. The summed E-state index contributed by atoms with van der Waals surface area (Å²) in [6, 6.07) is 13.2. The van der Waals surface area contributed by atoms with Gasteiger partial charge in [-0.25, -0.2) is 13.1 Å². The van der Waals surface area contributed by atoms with E-state index in [1.54, 1.807) is 37.3 Å². The van der Waals surface area contributed by atoms with E-state index in [2.05, 4.69) is 4.72 Å². The molecule has 1 atom stereocenters. The Hall–Kier alpha value is -2.43. The molecule has 2 aromatic rings. The van der Waals surface area contributed by atoms with Gasteiger partial charge in [0.1, 0.15) is 4.75 Å². The van der Waals surface area contributed by atoms with Crippen LogP contribution in [0.5, 0.6) is 0 Å². The van der Waals surface area contributed by atoms with E-state index in [9.17, 15) is 28.4 Å². The Bertz CT molecular complexity index is 916. The molecule has 0 heterocycles. The molecular weight excluding hydrogens is 392 g/mol. The molecule has 2 N–H and O–H groups in total. The Morgan fingerprint density at radius 1 is 1.19 bits per heavy atom. The van der Waals surface area contributed by atoms with Gasteiger partial charge in [-0.15, -0.1) is 11.8 Å². The molecule has 0 amide bonds. The van der Waals surface area contributed by atoms with Gasteiger partial charge >= 0.3 is 5.97 Å². The lowest BCUT2D eigenvalue weighted by Crippen LogP contribution is -2.32. The van der Waals surface area contributed by atoms with Crippen molar-refractivity contribution in [2.45, 2.75) is 16.6 Å². The van der Waals surface area contributed by atoms with E-state index in [-0.39, 0.29) is 22.9 Å². The second kappa shape index (κ2) is 8.51. The maximum Gasteiger partial charge on any atom is 0.324 e. The van der Waals surface area contributed by atoms with Crippen LogP contribution in [-0.2, 0) is 19.6 Å². The van der Waals surface area contributed by atoms with Crippen molar-refractivity contribution >= 4 is 33.4 Å². The Morgan fingerprint density at radius 3 is 2.30 bits per heavy atom. The molecule has 10 heteroatoms. The first-order chi connectivity index (χ1) is 12.7. The second-order valence-corrected chi connectivity index (χ2v) is 8.98. The summed E-state index contributed by atoms with van der Waals surface area (Å²) >= 11 is 1.11. The van der Waals surface area contributed by atoms with Crippen molar-refractivity contribution in [3.05, 3.63) is 70.3 Å². The summed E-state index contributed by atoms with van der Waals surface area (Å²) in [7, 11) is -3.84. The minimum atomic E-state index is -3.84. The quantitative estimate of drug-likeness (QED) is 0.369. The zero-order valence-electron chi connectivity index (χ0n) is 14.4. The number of thioether (sulfide) groups is 1. The third kappa shape index (κ3) is 5.06. The van der Waals surface area contributed by atoms with Gasteiger partial charge in [0.2, 0.25) is 10.0 Å². The predicted octanol–water partition coefficient (Wildman–Crippen LogP) is 2.61. The Labute approximate surface area is 160 Å². The lowest BCUT2D eigenvalue weighted by Gasteiger charge is -2.24. The molecule has 0 fully saturated rings. The molecule has 1 unspecified atom stereocenters. The molecule has 0 aliphatic heterocycles. The number of non-ortho nitro benzene ring substituents is 1. The first-order valence-electron chi connectivity index (χ1n) is 7.84. The van der Waals surface area contributed by atoms with E-state index in [4.69, 9.17) is 0 Å². The number of rotatable bonds is 9. The Kier molecular flexibility index (Phi) is 6.58. The van der Waals surface area contributed by atoms with Crippen molar-refractivity contribution in [1.82, 2.24) is 4.72 Å². The van der Waals surface area contributed by atoms with Gasteiger partial charge in [0.15, 0.2) is 0 Å². The van der Waals surface area contributed by atoms with Crippen LogP contribution in [0.4, 0.5) is 5.69 Å². The first kappa shape index (κ1) is 20.9. The van der Waals surface area contributed by atoms with Gasteiger partial charge in [-0.3, -0.25) is 14.9 Å². The number of carboxylic acid groups (broad SMARTS) is 1. The number of sulfonamides is 1. The number of carboxylic acids is 1. The van der Waals surface area contributed by atoms with Gasteiger partial charge in [-0.05, 0) is 24.6 Å². The summed E-state index contributed by atoms with van der Waals surface area (Å²) in [4.78, 5) is 21.6. The van der Waals surface area contributed by atoms with E-state index in [0.29, 0.717) is 5.56 Å². The predicted molar refractivity (Wildman–Crippen MR) is 102 cm³/mol. The van der Waals surface area contributed by atoms with Crippen molar-refractivity contribution in [2.24, 2.45) is 0 Å². The van der Waals surface area contributed by atoms with Crippen molar-refractivity contribution in [3.8, 4) is 0 Å². The Balaban J connectivity index is 2.00. The highest BCUT2D eigenvalue weighted by atomic mass is 32.2. The maximum absolute atomic E-state index is 12.2. The summed E-state index contributed by atoms with van der Waals surface area (Å²) < 4.78 is 25.6. The van der Waals surface area contributed by atoms with Crippen LogP contribution in [-0.4, -0.2) is 36.7 Å². The van der Waals surface area contributed by atoms with Crippen LogP contribution < -0.4 is 4.72 Å². The maximum atomic E-state index is 12.2. The fraction of sp³-hybridized carbons (Fsp3) is 0.235. The standard InChI is InChI=1S/C17H18N2O6S2/c1-17(16(20)21,13-5-3-2-4-6-13)26-12-11-18-27(24,25)15-9-7-14(8-10-15)19(22)23/h2-10,18H,11-12H2,1H3,(H,20,21). The van der Waals surface area contributed by atoms with Gasteiger partial charge in [0, 0.05) is 24.4 Å². The normalized spacial score (nSPS) is 13.7. The van der Waals surface area contributed by atoms with Crippen molar-refractivity contribution in [3.63, 3.8) is 0 Å². The molecular formula is C17H18N2O6S2. The summed E-state index contributed by atoms with van der Waals surface area (Å²) in [5.74, 6) is -0.791. The average molecular weight is 410 g/mol. The van der Waals surface area contributed by atoms with E-state index < -0.39 is 25.7 Å². The molecule has 2 rings (SSSR count). The third-order valence-electron chi connectivity index (χ3n) is 3.88. The van der Waals surface area contributed by atoms with Crippen molar-refractivity contribution in [2.75, 3.05) is 12.3 Å². The topological polar surface area (TPSA) is 127 Å². The summed E-state index contributed by atoms with van der Waals surface area (Å²) in [6.07, 6.45) is 0. The van der Waals surface area contributed by atoms with E-state index in [1.165, 1.54) is 0 Å². The SMILES string of the molecule is CC(SCCNS(=O)(=O)c1ccc([N+](=O)[O-])cc1)(C(=O)O)c1ccccc1. The Morgan fingerprint density at radius 2 is 1.78 bits per heavy atom. The highest BCUT2D eigenvalue weighted by Gasteiger charge is 2.35. The van der Waals surface area contributed by atoms with Gasteiger partial charge < -0.3 is 5.11 Å². The fourth-order valence-corrected chi connectivity index (χ4v) is 4.49. The largest absolute Gasteiger partial charge is 0.480 e. The molecule has 27 heavy (non-hydrogen) atoms. The van der Waals surface area contributed by atoms with Crippen LogP contribution in [0.2, 0.25) is 0 Å². The molecule has 0 bridgehead atoms. The van der Waals surface area contributed by atoms with Crippen molar-refractivity contribution in [1.29, 1.82) is 0 Å². The van der Waals surface area contributed by atoms with E-state index in [0.717, 1.165) is 36.0 Å². The minimum Gasteiger partial charge on any atom is -0.480 e. The van der Waals surface area contributed by atoms with Crippen molar-refractivity contribution < 1.29 is 23.2 Å². The highest BCUT2D eigenvalue weighted by molar-refractivity contribution is 8.01. The molecule has 0 saturated carbocycles. The van der Waals surface area contributed by atoms with E-state index in [1.807, 2.05) is 0 Å². The first-order valence-corrected chi connectivity index (χ1v) is 10.3. The number of aliphatic carboxylic acids is 1. The zero-order valence-corrected chi connectivity index (χ0v) is 16.0. The zero-order chi connectivity index (χ0) is 20.1. The molecule has 2 aromatic carbocycles. The molecule has 0 spiro atoms. The van der Waals surface area contributed by atoms with Crippen LogP contribution in [0.15, 0.2) is 59.5 Å². The van der Waals surface area contributed by atoms with Crippen LogP contribution >= 0.6 is 11.8 Å². The molecule has 144 valence electrons. The molecule has 0 aromatic heterocycles. The van der Waals surface area contributed by atoms with Gasteiger partial charge in [0.25, 0.3) is 5.69 Å². The summed E-state index contributed by atoms with van der Waals surface area (Å²) in [5.41, 5.74) is 0.408. The van der Waals surface area contributed by atoms with Crippen LogP contribution in [0.3, 0.4) is 0 Å². The fourth-order valence-electron chi connectivity index (χ4n) is 2.29. The number of hydrogen-bond donors (Lipinski definition) is 2. The second-order valence-electron chi connectivity index (χ2n) is 5.70. The number of nitro groups is 1. The number of hydrogen-bond acceptors (Lipinski definition) is 6. The lowest BCUT2D eigenvalue weighted by atomic mass is 10.0. The summed E-state index contributed by atoms with van der Waals surface area (Å²) in [5, 5.41) is 20.2. The lowest BCUT2D eigenvalue weighted by molar-refractivity contribution is -0.384. The van der Waals surface area contributed by atoms with Gasteiger partial charge in [-0.2, -0.15) is 0 Å². The van der Waals surface area contributed by atoms with Crippen LogP contribution in [0, 0.1) is 10.1 Å². The molecule has 0 saturated heterocycles. The molecule has 0 aliphatic carbocycles. The highest BCUT2D eigenvalue weighted by Crippen LogP contribution is 2.36. The third-order valence-corrected chi connectivity index (χ3v) is 6.75. The van der Waals surface area contributed by atoms with Gasteiger partial charge in [-0.1, -0.05) is 30.3 Å². The smallest absolute Gasteiger partial charge is 0.324 e. The van der Waals surface area contributed by atoms with E-state index >= 15 is 0 Å². The number of nitrogens with one attached hydrogen (secondary N) is 1. The molecule has 8 nitrogen and oxygen atoms in total.